The van der Waals surface area contributed by atoms with Crippen LogP contribution in [-0.4, -0.2) is 28.2 Å². The molecule has 0 aliphatic rings. The first kappa shape index (κ1) is 11.3. The molecule has 1 aromatic carbocycles. The zero-order valence-corrected chi connectivity index (χ0v) is 8.25. The summed E-state index contributed by atoms with van der Waals surface area (Å²) in [5, 5.41) is 26.1. The van der Waals surface area contributed by atoms with Gasteiger partial charge in [0.1, 0.15) is 0 Å². The molecule has 0 spiro atoms. The molecular formula is C7H5BCl2O4. The van der Waals surface area contributed by atoms with E-state index in [1.165, 1.54) is 6.07 Å². The second-order valence-corrected chi connectivity index (χ2v) is 3.33. The lowest BCUT2D eigenvalue weighted by atomic mass is 9.79. The molecule has 0 heterocycles. The van der Waals surface area contributed by atoms with E-state index in [0.29, 0.717) is 0 Å². The van der Waals surface area contributed by atoms with E-state index in [2.05, 4.69) is 0 Å². The Labute approximate surface area is 89.8 Å². The molecule has 0 radical (unpaired) electrons. The number of benzene rings is 1. The lowest BCUT2D eigenvalue weighted by Gasteiger charge is -2.05. The minimum Gasteiger partial charge on any atom is -0.478 e. The van der Waals surface area contributed by atoms with Crippen molar-refractivity contribution in [3.05, 3.63) is 27.7 Å². The molecule has 0 amide bonds. The monoisotopic (exact) mass is 234 g/mol. The quantitative estimate of drug-likeness (QED) is 0.647. The summed E-state index contributed by atoms with van der Waals surface area (Å²) in [6, 6.07) is 2.25. The van der Waals surface area contributed by atoms with Gasteiger partial charge in [-0.25, -0.2) is 4.79 Å². The highest BCUT2D eigenvalue weighted by Gasteiger charge is 2.19. The third-order valence-electron chi connectivity index (χ3n) is 1.58. The largest absolute Gasteiger partial charge is 0.488 e. The van der Waals surface area contributed by atoms with Gasteiger partial charge in [0.2, 0.25) is 0 Å². The predicted molar refractivity (Wildman–Crippen MR) is 53.2 cm³/mol. The molecule has 0 bridgehead atoms. The molecule has 4 nitrogen and oxygen atoms in total. The minimum atomic E-state index is -1.78. The van der Waals surface area contributed by atoms with Gasteiger partial charge in [-0.2, -0.15) is 0 Å². The first-order chi connectivity index (χ1) is 6.43. The molecule has 0 aromatic heterocycles. The summed E-state index contributed by atoms with van der Waals surface area (Å²) >= 11 is 11.2. The molecule has 0 saturated heterocycles. The average molecular weight is 235 g/mol. The molecule has 0 saturated carbocycles. The smallest absolute Gasteiger partial charge is 0.478 e. The van der Waals surface area contributed by atoms with Crippen LogP contribution >= 0.6 is 23.2 Å². The first-order valence-corrected chi connectivity index (χ1v) is 4.27. The zero-order chi connectivity index (χ0) is 10.9. The maximum Gasteiger partial charge on any atom is 0.488 e. The highest BCUT2D eigenvalue weighted by molar-refractivity contribution is 6.59. The van der Waals surface area contributed by atoms with E-state index in [0.717, 1.165) is 6.07 Å². The van der Waals surface area contributed by atoms with Crippen LogP contribution in [0.3, 0.4) is 0 Å². The Hall–Kier alpha value is -0.745. The molecule has 14 heavy (non-hydrogen) atoms. The molecule has 0 atom stereocenters. The Kier molecular flexibility index (Phi) is 3.39. The Bertz CT molecular complexity index is 380. The topological polar surface area (TPSA) is 77.8 Å². The van der Waals surface area contributed by atoms with E-state index in [1.54, 1.807) is 0 Å². The number of hydrogen-bond acceptors (Lipinski definition) is 3. The van der Waals surface area contributed by atoms with E-state index in [4.69, 9.17) is 38.4 Å². The maximum atomic E-state index is 10.6. The fourth-order valence-corrected chi connectivity index (χ4v) is 1.33. The van der Waals surface area contributed by atoms with Crippen molar-refractivity contribution >= 4 is 41.8 Å². The first-order valence-electron chi connectivity index (χ1n) is 3.52. The van der Waals surface area contributed by atoms with E-state index >= 15 is 0 Å². The van der Waals surface area contributed by atoms with Gasteiger partial charge in [-0.15, -0.1) is 0 Å². The third-order valence-corrected chi connectivity index (χ3v) is 2.38. The van der Waals surface area contributed by atoms with Gasteiger partial charge in [0.25, 0.3) is 0 Å². The molecule has 0 aliphatic heterocycles. The molecule has 7 heteroatoms. The molecule has 74 valence electrons. The van der Waals surface area contributed by atoms with Gasteiger partial charge < -0.3 is 15.2 Å². The number of rotatable bonds is 2. The zero-order valence-electron chi connectivity index (χ0n) is 6.74. The van der Waals surface area contributed by atoms with Gasteiger partial charge in [0.05, 0.1) is 15.6 Å². The lowest BCUT2D eigenvalue weighted by molar-refractivity contribution is 0.0697. The summed E-state index contributed by atoms with van der Waals surface area (Å²) in [5.74, 6) is -1.28. The fraction of sp³-hybridized carbons (Fsp3) is 0. The van der Waals surface area contributed by atoms with Crippen LogP contribution < -0.4 is 5.46 Å². The van der Waals surface area contributed by atoms with Gasteiger partial charge in [-0.1, -0.05) is 23.2 Å². The SMILES string of the molecule is O=C(O)c1cc(B(O)O)cc(Cl)c1Cl. The van der Waals surface area contributed by atoms with Gasteiger partial charge in [0.15, 0.2) is 0 Å². The lowest BCUT2D eigenvalue weighted by Crippen LogP contribution is -2.30. The van der Waals surface area contributed by atoms with Gasteiger partial charge in [-0.3, -0.25) is 0 Å². The Morgan fingerprint density at radius 2 is 1.86 bits per heavy atom. The number of carboxylic acids is 1. The third kappa shape index (κ3) is 2.19. The van der Waals surface area contributed by atoms with Crippen molar-refractivity contribution in [2.75, 3.05) is 0 Å². The van der Waals surface area contributed by atoms with Crippen LogP contribution in [0.1, 0.15) is 10.4 Å². The van der Waals surface area contributed by atoms with Crippen molar-refractivity contribution in [3.63, 3.8) is 0 Å². The van der Waals surface area contributed by atoms with E-state index in [9.17, 15) is 4.79 Å². The van der Waals surface area contributed by atoms with Gasteiger partial charge >= 0.3 is 13.1 Å². The van der Waals surface area contributed by atoms with Crippen LogP contribution in [0.2, 0.25) is 10.0 Å². The van der Waals surface area contributed by atoms with Crippen molar-refractivity contribution in [2.45, 2.75) is 0 Å². The highest BCUT2D eigenvalue weighted by Crippen LogP contribution is 2.24. The summed E-state index contributed by atoms with van der Waals surface area (Å²) < 4.78 is 0. The molecule has 1 aromatic rings. The number of halogens is 2. The van der Waals surface area contributed by atoms with Crippen LogP contribution in [-0.2, 0) is 0 Å². The van der Waals surface area contributed by atoms with Crippen molar-refractivity contribution in [3.8, 4) is 0 Å². The maximum absolute atomic E-state index is 10.6. The second-order valence-electron chi connectivity index (χ2n) is 2.54. The average Bonchev–Trinajstić information content (AvgIpc) is 2.08. The minimum absolute atomic E-state index is 0.0169. The molecule has 0 unspecified atom stereocenters. The predicted octanol–water partition coefficient (Wildman–Crippen LogP) is 0.371. The molecule has 1 rings (SSSR count). The number of carbonyl (C=O) groups is 1. The summed E-state index contributed by atoms with van der Waals surface area (Å²) in [7, 11) is -1.78. The molecule has 0 aliphatic carbocycles. The van der Waals surface area contributed by atoms with Gasteiger partial charge in [0, 0.05) is 0 Å². The summed E-state index contributed by atoms with van der Waals surface area (Å²) in [6.45, 7) is 0. The van der Waals surface area contributed by atoms with Crippen LogP contribution in [0.5, 0.6) is 0 Å². The molecule has 3 N–H and O–H groups in total. The van der Waals surface area contributed by atoms with Crippen LogP contribution in [0.15, 0.2) is 12.1 Å². The summed E-state index contributed by atoms with van der Waals surface area (Å²) in [4.78, 5) is 10.6. The van der Waals surface area contributed by atoms with Crippen LogP contribution in [0, 0.1) is 0 Å². The second kappa shape index (κ2) is 4.19. The van der Waals surface area contributed by atoms with Crippen LogP contribution in [0.25, 0.3) is 0 Å². The van der Waals surface area contributed by atoms with Crippen molar-refractivity contribution in [2.24, 2.45) is 0 Å². The van der Waals surface area contributed by atoms with Crippen molar-refractivity contribution in [1.82, 2.24) is 0 Å². The molecular weight excluding hydrogens is 230 g/mol. The van der Waals surface area contributed by atoms with E-state index < -0.39 is 13.1 Å². The standard InChI is InChI=1S/C7H5BCl2O4/c9-5-2-3(8(13)14)1-4(6(5)10)7(11)12/h1-2,13-14H,(H,11,12). The summed E-state index contributed by atoms with van der Waals surface area (Å²) in [6.07, 6.45) is 0. The number of aromatic carboxylic acids is 1. The van der Waals surface area contributed by atoms with E-state index in [1.807, 2.05) is 0 Å². The fourth-order valence-electron chi connectivity index (χ4n) is 0.915. The van der Waals surface area contributed by atoms with Gasteiger partial charge in [-0.05, 0) is 17.6 Å². The van der Waals surface area contributed by atoms with Crippen LogP contribution in [0.4, 0.5) is 0 Å². The van der Waals surface area contributed by atoms with Crippen molar-refractivity contribution < 1.29 is 19.9 Å². The van der Waals surface area contributed by atoms with Crippen molar-refractivity contribution in [1.29, 1.82) is 0 Å². The number of hydrogen-bond donors (Lipinski definition) is 3. The van der Waals surface area contributed by atoms with E-state index in [-0.39, 0.29) is 21.1 Å². The highest BCUT2D eigenvalue weighted by atomic mass is 35.5. The normalized spacial score (nSPS) is 10.0. The molecule has 0 fully saturated rings. The summed E-state index contributed by atoms with van der Waals surface area (Å²) in [5.41, 5.74) is -0.279. The number of carboxylic acid groups (broad SMARTS) is 1. The Morgan fingerprint density at radius 1 is 1.29 bits per heavy atom. The Morgan fingerprint density at radius 3 is 2.29 bits per heavy atom. The Balaban J connectivity index is 3.35.